The molecule has 0 bridgehead atoms. The number of carbonyl (C=O) groups is 1. The topological polar surface area (TPSA) is 102 Å². The first-order valence-corrected chi connectivity index (χ1v) is 12.0. The number of sulfonamides is 1. The molecule has 31 heavy (non-hydrogen) atoms. The molecule has 7 nitrogen and oxygen atoms in total. The van der Waals surface area contributed by atoms with E-state index in [-0.39, 0.29) is 43.8 Å². The van der Waals surface area contributed by atoms with Crippen LogP contribution >= 0.6 is 23.2 Å². The Morgan fingerprint density at radius 2 is 1.71 bits per heavy atom. The molecule has 168 valence electrons. The van der Waals surface area contributed by atoms with Crippen molar-refractivity contribution < 1.29 is 17.9 Å². The summed E-state index contributed by atoms with van der Waals surface area (Å²) in [5, 5.41) is 3.07. The van der Waals surface area contributed by atoms with Crippen LogP contribution in [0.3, 0.4) is 0 Å². The SMILES string of the molecule is COc1ccc(C(=O)Nc2cc(Cl)c(N)c(Cl)c2)cc1S(=O)(=O)N1CC(C)CC(C)C1. The molecule has 0 spiro atoms. The minimum absolute atomic E-state index is 0.0441. The highest BCUT2D eigenvalue weighted by molar-refractivity contribution is 7.89. The molecular weight excluding hydrogens is 461 g/mol. The van der Waals surface area contributed by atoms with E-state index in [1.54, 1.807) is 0 Å². The highest BCUT2D eigenvalue weighted by Crippen LogP contribution is 2.33. The van der Waals surface area contributed by atoms with Gasteiger partial charge in [0.2, 0.25) is 10.0 Å². The number of anilines is 2. The van der Waals surface area contributed by atoms with Gasteiger partial charge in [-0.2, -0.15) is 4.31 Å². The third-order valence-corrected chi connectivity index (χ3v) is 7.69. The maximum Gasteiger partial charge on any atom is 0.255 e. The molecule has 0 aliphatic carbocycles. The lowest BCUT2D eigenvalue weighted by Gasteiger charge is -2.34. The lowest BCUT2D eigenvalue weighted by atomic mass is 9.94. The van der Waals surface area contributed by atoms with Gasteiger partial charge in [0.1, 0.15) is 10.6 Å². The lowest BCUT2D eigenvalue weighted by Crippen LogP contribution is -2.42. The quantitative estimate of drug-likeness (QED) is 0.606. The van der Waals surface area contributed by atoms with Crippen LogP contribution in [0.4, 0.5) is 11.4 Å². The Bertz CT molecular complexity index is 1070. The Morgan fingerprint density at radius 1 is 1.13 bits per heavy atom. The van der Waals surface area contributed by atoms with Crippen molar-refractivity contribution in [3.8, 4) is 5.75 Å². The minimum Gasteiger partial charge on any atom is -0.495 e. The van der Waals surface area contributed by atoms with E-state index in [1.807, 2.05) is 13.8 Å². The van der Waals surface area contributed by atoms with Gasteiger partial charge in [-0.3, -0.25) is 4.79 Å². The van der Waals surface area contributed by atoms with E-state index in [9.17, 15) is 13.2 Å². The van der Waals surface area contributed by atoms with Gasteiger partial charge in [-0.25, -0.2) is 8.42 Å². The third-order valence-electron chi connectivity index (χ3n) is 5.22. The number of nitrogen functional groups attached to an aromatic ring is 1. The van der Waals surface area contributed by atoms with E-state index >= 15 is 0 Å². The molecule has 2 unspecified atom stereocenters. The Balaban J connectivity index is 1.94. The fraction of sp³-hybridized carbons (Fsp3) is 0.381. The van der Waals surface area contributed by atoms with Crippen molar-refractivity contribution in [3.63, 3.8) is 0 Å². The van der Waals surface area contributed by atoms with Gasteiger partial charge in [0.25, 0.3) is 5.91 Å². The molecule has 1 aliphatic rings. The molecule has 2 atom stereocenters. The zero-order chi connectivity index (χ0) is 22.9. The van der Waals surface area contributed by atoms with Crippen molar-refractivity contribution in [2.75, 3.05) is 31.2 Å². The minimum atomic E-state index is -3.85. The zero-order valence-electron chi connectivity index (χ0n) is 17.5. The Hall–Kier alpha value is -2.00. The summed E-state index contributed by atoms with van der Waals surface area (Å²) in [6.45, 7) is 4.91. The van der Waals surface area contributed by atoms with Crippen LogP contribution in [0.5, 0.6) is 5.75 Å². The number of methoxy groups -OCH3 is 1. The second-order valence-corrected chi connectivity index (χ2v) is 10.7. The van der Waals surface area contributed by atoms with Crippen molar-refractivity contribution in [1.29, 1.82) is 0 Å². The second kappa shape index (κ2) is 9.24. The summed E-state index contributed by atoms with van der Waals surface area (Å²) in [4.78, 5) is 12.8. The van der Waals surface area contributed by atoms with Gasteiger partial charge in [-0.05, 0) is 48.6 Å². The molecule has 2 aromatic carbocycles. The number of hydrogen-bond acceptors (Lipinski definition) is 5. The number of rotatable bonds is 5. The molecule has 0 aromatic heterocycles. The van der Waals surface area contributed by atoms with Gasteiger partial charge < -0.3 is 15.8 Å². The summed E-state index contributed by atoms with van der Waals surface area (Å²) < 4.78 is 33.5. The number of amides is 1. The van der Waals surface area contributed by atoms with Crippen molar-refractivity contribution >= 4 is 50.5 Å². The van der Waals surface area contributed by atoms with Crippen LogP contribution < -0.4 is 15.8 Å². The molecule has 2 aromatic rings. The molecule has 1 heterocycles. The highest BCUT2D eigenvalue weighted by Gasteiger charge is 2.34. The van der Waals surface area contributed by atoms with Crippen LogP contribution in [0.2, 0.25) is 10.0 Å². The van der Waals surface area contributed by atoms with Crippen LogP contribution in [0.1, 0.15) is 30.6 Å². The van der Waals surface area contributed by atoms with Gasteiger partial charge in [0, 0.05) is 24.3 Å². The van der Waals surface area contributed by atoms with Gasteiger partial charge >= 0.3 is 0 Å². The third kappa shape index (κ3) is 5.09. The zero-order valence-corrected chi connectivity index (χ0v) is 19.8. The number of ether oxygens (including phenoxy) is 1. The van der Waals surface area contributed by atoms with Gasteiger partial charge in [-0.15, -0.1) is 0 Å². The highest BCUT2D eigenvalue weighted by atomic mass is 35.5. The van der Waals surface area contributed by atoms with E-state index in [4.69, 9.17) is 33.7 Å². The van der Waals surface area contributed by atoms with E-state index in [1.165, 1.54) is 41.7 Å². The number of nitrogens with two attached hydrogens (primary N) is 1. The van der Waals surface area contributed by atoms with Crippen molar-refractivity contribution in [3.05, 3.63) is 45.9 Å². The molecule has 1 saturated heterocycles. The monoisotopic (exact) mass is 485 g/mol. The maximum atomic E-state index is 13.4. The predicted octanol–water partition coefficient (Wildman–Crippen LogP) is 4.50. The average Bonchev–Trinajstić information content (AvgIpc) is 2.70. The smallest absolute Gasteiger partial charge is 0.255 e. The van der Waals surface area contributed by atoms with Crippen LogP contribution in [-0.4, -0.2) is 38.8 Å². The largest absolute Gasteiger partial charge is 0.495 e. The molecule has 3 N–H and O–H groups in total. The van der Waals surface area contributed by atoms with E-state index < -0.39 is 15.9 Å². The second-order valence-electron chi connectivity index (χ2n) is 7.94. The maximum absolute atomic E-state index is 13.4. The van der Waals surface area contributed by atoms with Gasteiger partial charge in [0.15, 0.2) is 0 Å². The van der Waals surface area contributed by atoms with Crippen molar-refractivity contribution in [1.82, 2.24) is 4.31 Å². The van der Waals surface area contributed by atoms with Crippen LogP contribution in [0.15, 0.2) is 35.2 Å². The Kier molecular flexibility index (Phi) is 7.05. The Morgan fingerprint density at radius 3 is 2.26 bits per heavy atom. The first kappa shape index (κ1) is 23.7. The molecule has 10 heteroatoms. The standard InChI is InChI=1S/C21H25Cl2N3O4S/c1-12-6-13(2)11-26(10-12)31(28,29)19-7-14(4-5-18(19)30-3)21(27)25-15-8-16(22)20(24)17(23)9-15/h4-5,7-9,12-13H,6,10-11,24H2,1-3H3,(H,25,27). The summed E-state index contributed by atoms with van der Waals surface area (Å²) >= 11 is 12.0. The average molecular weight is 486 g/mol. The van der Waals surface area contributed by atoms with E-state index in [2.05, 4.69) is 5.32 Å². The normalized spacial score (nSPS) is 19.8. The molecule has 0 saturated carbocycles. The number of hydrogen-bond donors (Lipinski definition) is 2. The summed E-state index contributed by atoms with van der Waals surface area (Å²) in [6, 6.07) is 7.24. The number of piperidine rings is 1. The molecular formula is C21H25Cl2N3O4S. The van der Waals surface area contributed by atoms with Gasteiger partial charge in [0.05, 0.1) is 22.8 Å². The fourth-order valence-electron chi connectivity index (χ4n) is 3.82. The molecule has 1 fully saturated rings. The van der Waals surface area contributed by atoms with E-state index in [0.29, 0.717) is 18.8 Å². The van der Waals surface area contributed by atoms with E-state index in [0.717, 1.165) is 6.42 Å². The summed E-state index contributed by atoms with van der Waals surface area (Å²) in [7, 11) is -2.45. The van der Waals surface area contributed by atoms with Crippen molar-refractivity contribution in [2.24, 2.45) is 11.8 Å². The van der Waals surface area contributed by atoms with Gasteiger partial charge in [-0.1, -0.05) is 37.0 Å². The number of benzene rings is 2. The summed E-state index contributed by atoms with van der Waals surface area (Å²) in [6.07, 6.45) is 0.971. The number of nitrogens with zero attached hydrogens (tertiary/aromatic N) is 1. The Labute approximate surface area is 192 Å². The van der Waals surface area contributed by atoms with Crippen LogP contribution in [-0.2, 0) is 10.0 Å². The number of carbonyl (C=O) groups excluding carboxylic acids is 1. The summed E-state index contributed by atoms with van der Waals surface area (Å²) in [5.41, 5.74) is 6.43. The van der Waals surface area contributed by atoms with Crippen molar-refractivity contribution in [2.45, 2.75) is 25.2 Å². The lowest BCUT2D eigenvalue weighted by molar-refractivity contribution is 0.102. The summed E-state index contributed by atoms with van der Waals surface area (Å²) in [5.74, 6) is 0.157. The predicted molar refractivity (Wildman–Crippen MR) is 124 cm³/mol. The van der Waals surface area contributed by atoms with Crippen LogP contribution in [0.25, 0.3) is 0 Å². The number of halogens is 2. The molecule has 0 radical (unpaired) electrons. The number of nitrogens with one attached hydrogen (secondary N) is 1. The first-order valence-electron chi connectivity index (χ1n) is 9.77. The molecule has 1 aliphatic heterocycles. The first-order chi connectivity index (χ1) is 14.5. The van der Waals surface area contributed by atoms with Crippen LogP contribution in [0, 0.1) is 11.8 Å². The fourth-order valence-corrected chi connectivity index (χ4v) is 6.17. The molecule has 3 rings (SSSR count). The molecule has 1 amide bonds.